The first kappa shape index (κ1) is 22.9. The highest BCUT2D eigenvalue weighted by Crippen LogP contribution is 2.40. The predicted molar refractivity (Wildman–Crippen MR) is 122 cm³/mol. The Labute approximate surface area is 199 Å². The summed E-state index contributed by atoms with van der Waals surface area (Å²) in [6, 6.07) is 7.55. The summed E-state index contributed by atoms with van der Waals surface area (Å²) in [7, 11) is 0. The first-order valence-corrected chi connectivity index (χ1v) is 11.2. The van der Waals surface area contributed by atoms with Crippen LogP contribution >= 0.6 is 0 Å². The van der Waals surface area contributed by atoms with Gasteiger partial charge in [-0.3, -0.25) is 14.7 Å². The lowest BCUT2D eigenvalue weighted by Gasteiger charge is -2.32. The molecule has 35 heavy (non-hydrogen) atoms. The van der Waals surface area contributed by atoms with Crippen LogP contribution in [0, 0.1) is 0 Å². The zero-order chi connectivity index (χ0) is 24.8. The topological polar surface area (TPSA) is 109 Å². The van der Waals surface area contributed by atoms with Crippen LogP contribution in [-0.4, -0.2) is 43.1 Å². The Hall–Kier alpha value is -3.83. The molecule has 5 rings (SSSR count). The fourth-order valence-corrected chi connectivity index (χ4v) is 4.70. The zero-order valence-electron chi connectivity index (χ0n) is 19.0. The molecule has 2 atom stereocenters. The summed E-state index contributed by atoms with van der Waals surface area (Å²) in [6.45, 7) is 3.96. The molecule has 9 nitrogen and oxygen atoms in total. The fraction of sp³-hybridized carbons (Fsp3) is 0.391. The number of hydrogen-bond acceptors (Lipinski definition) is 8. The third kappa shape index (κ3) is 4.35. The van der Waals surface area contributed by atoms with Crippen LogP contribution in [0.25, 0.3) is 0 Å². The van der Waals surface area contributed by atoms with E-state index in [1.54, 1.807) is 17.3 Å². The predicted octanol–water partition coefficient (Wildman–Crippen LogP) is 4.02. The SMILES string of the molecule is CC1(C)c2cccnc2C(=O)N1c1ccc(N[C@H]2CC[C@H](Nc3ncc(C(F)(F)F)nn3)C2)nc1. The Morgan fingerprint density at radius 3 is 2.40 bits per heavy atom. The van der Waals surface area contributed by atoms with Gasteiger partial charge < -0.3 is 10.6 Å². The number of nitrogens with one attached hydrogen (secondary N) is 2. The first-order chi connectivity index (χ1) is 16.6. The van der Waals surface area contributed by atoms with Crippen LogP contribution in [0.3, 0.4) is 0 Å². The molecule has 0 bridgehead atoms. The van der Waals surface area contributed by atoms with Crippen LogP contribution in [0.5, 0.6) is 0 Å². The number of aromatic nitrogens is 5. The van der Waals surface area contributed by atoms with Gasteiger partial charge in [0.2, 0.25) is 5.95 Å². The molecule has 0 saturated heterocycles. The average Bonchev–Trinajstić information content (AvgIpc) is 3.34. The van der Waals surface area contributed by atoms with E-state index >= 15 is 0 Å². The second-order valence-corrected chi connectivity index (χ2v) is 9.16. The van der Waals surface area contributed by atoms with E-state index in [2.05, 4.69) is 35.8 Å². The Balaban J connectivity index is 1.20. The van der Waals surface area contributed by atoms with Gasteiger partial charge in [0.25, 0.3) is 5.91 Å². The molecule has 1 saturated carbocycles. The molecule has 4 heterocycles. The first-order valence-electron chi connectivity index (χ1n) is 11.2. The van der Waals surface area contributed by atoms with E-state index in [0.717, 1.165) is 18.4 Å². The van der Waals surface area contributed by atoms with Gasteiger partial charge in [0.05, 0.1) is 23.6 Å². The Morgan fingerprint density at radius 1 is 1.00 bits per heavy atom. The maximum atomic E-state index is 13.0. The molecule has 3 aromatic rings. The zero-order valence-corrected chi connectivity index (χ0v) is 19.0. The monoisotopic (exact) mass is 484 g/mol. The minimum atomic E-state index is -4.57. The molecule has 2 N–H and O–H groups in total. The summed E-state index contributed by atoms with van der Waals surface area (Å²) in [5.41, 5.74) is 0.348. The fourth-order valence-electron chi connectivity index (χ4n) is 4.70. The maximum absolute atomic E-state index is 13.0. The number of carbonyl (C=O) groups excluding carboxylic acids is 1. The van der Waals surface area contributed by atoms with E-state index in [0.29, 0.717) is 29.8 Å². The van der Waals surface area contributed by atoms with Crippen LogP contribution in [0.4, 0.5) is 30.6 Å². The molecule has 12 heteroatoms. The third-order valence-electron chi connectivity index (χ3n) is 6.41. The minimum Gasteiger partial charge on any atom is -0.367 e. The summed E-state index contributed by atoms with van der Waals surface area (Å²) in [6.07, 6.45) is 1.74. The summed E-state index contributed by atoms with van der Waals surface area (Å²) in [4.78, 5) is 27.2. The quantitative estimate of drug-likeness (QED) is 0.559. The molecule has 2 aliphatic rings. The molecule has 0 aromatic carbocycles. The Bertz CT molecular complexity index is 1230. The molecule has 0 radical (unpaired) electrons. The summed E-state index contributed by atoms with van der Waals surface area (Å²) < 4.78 is 37.8. The van der Waals surface area contributed by atoms with Gasteiger partial charge in [-0.05, 0) is 51.3 Å². The van der Waals surface area contributed by atoms with Crippen LogP contribution in [-0.2, 0) is 11.7 Å². The van der Waals surface area contributed by atoms with Crippen molar-refractivity contribution in [2.75, 3.05) is 15.5 Å². The highest BCUT2D eigenvalue weighted by atomic mass is 19.4. The lowest BCUT2D eigenvalue weighted by Crippen LogP contribution is -2.39. The number of fused-ring (bicyclic) bond motifs is 1. The second kappa shape index (κ2) is 8.43. The van der Waals surface area contributed by atoms with Gasteiger partial charge in [-0.15, -0.1) is 10.2 Å². The van der Waals surface area contributed by atoms with E-state index in [-0.39, 0.29) is 23.9 Å². The molecule has 1 aliphatic carbocycles. The van der Waals surface area contributed by atoms with Crippen LogP contribution in [0.2, 0.25) is 0 Å². The summed E-state index contributed by atoms with van der Waals surface area (Å²) in [5, 5.41) is 13.1. The van der Waals surface area contributed by atoms with Crippen molar-refractivity contribution in [3.63, 3.8) is 0 Å². The van der Waals surface area contributed by atoms with Gasteiger partial charge in [0.1, 0.15) is 11.5 Å². The molecule has 3 aromatic heterocycles. The van der Waals surface area contributed by atoms with Crippen molar-refractivity contribution in [1.29, 1.82) is 0 Å². The van der Waals surface area contributed by atoms with Crippen molar-refractivity contribution in [1.82, 2.24) is 25.1 Å². The Kier molecular flexibility index (Phi) is 5.53. The largest absolute Gasteiger partial charge is 0.436 e. The second-order valence-electron chi connectivity index (χ2n) is 9.16. The van der Waals surface area contributed by atoms with E-state index < -0.39 is 17.4 Å². The molecular formula is C23H23F3N8O. The number of anilines is 3. The van der Waals surface area contributed by atoms with E-state index in [9.17, 15) is 18.0 Å². The van der Waals surface area contributed by atoms with Gasteiger partial charge >= 0.3 is 6.18 Å². The van der Waals surface area contributed by atoms with E-state index in [1.165, 1.54) is 0 Å². The maximum Gasteiger partial charge on any atom is 0.436 e. The minimum absolute atomic E-state index is 0.000616. The number of carbonyl (C=O) groups is 1. The highest BCUT2D eigenvalue weighted by Gasteiger charge is 2.44. The number of pyridine rings is 2. The molecule has 0 spiro atoms. The van der Waals surface area contributed by atoms with Crippen LogP contribution < -0.4 is 15.5 Å². The summed E-state index contributed by atoms with van der Waals surface area (Å²) in [5.74, 6) is 0.587. The van der Waals surface area contributed by atoms with Gasteiger partial charge in [0.15, 0.2) is 5.69 Å². The van der Waals surface area contributed by atoms with Crippen LogP contribution in [0.15, 0.2) is 42.9 Å². The molecular weight excluding hydrogens is 461 g/mol. The van der Waals surface area contributed by atoms with Crippen molar-refractivity contribution in [2.24, 2.45) is 0 Å². The van der Waals surface area contributed by atoms with Gasteiger partial charge in [0, 0.05) is 23.8 Å². The molecule has 1 fully saturated rings. The highest BCUT2D eigenvalue weighted by molar-refractivity contribution is 6.10. The lowest BCUT2D eigenvalue weighted by molar-refractivity contribution is -0.142. The van der Waals surface area contributed by atoms with E-state index in [4.69, 9.17) is 0 Å². The van der Waals surface area contributed by atoms with Crippen molar-refractivity contribution in [2.45, 2.75) is 56.9 Å². The molecule has 1 aliphatic heterocycles. The summed E-state index contributed by atoms with van der Waals surface area (Å²) >= 11 is 0. The van der Waals surface area contributed by atoms with Gasteiger partial charge in [-0.25, -0.2) is 9.97 Å². The van der Waals surface area contributed by atoms with Crippen molar-refractivity contribution in [3.05, 3.63) is 59.8 Å². The molecule has 182 valence electrons. The number of nitrogens with zero attached hydrogens (tertiary/aromatic N) is 6. The average molecular weight is 484 g/mol. The van der Waals surface area contributed by atoms with E-state index in [1.807, 2.05) is 38.1 Å². The standard InChI is InChI=1S/C23H23F3N8O/c1-22(2)16-4-3-9-27-19(16)20(35)34(22)15-7-8-18(28-11-15)30-13-5-6-14(10-13)31-21-29-12-17(32-33-21)23(24,25)26/h3-4,7-9,11-14H,5-6,10H2,1-2H3,(H,28,30)(H,29,31,33)/t13-,14-/m0/s1. The number of amides is 1. The van der Waals surface area contributed by atoms with Crippen molar-refractivity contribution >= 4 is 23.4 Å². The normalized spacial score (nSPS) is 21.2. The third-order valence-corrected chi connectivity index (χ3v) is 6.41. The van der Waals surface area contributed by atoms with Crippen molar-refractivity contribution < 1.29 is 18.0 Å². The lowest BCUT2D eigenvalue weighted by atomic mass is 9.96. The smallest absolute Gasteiger partial charge is 0.367 e. The number of halogens is 3. The number of hydrogen-bond donors (Lipinski definition) is 2. The molecule has 0 unspecified atom stereocenters. The van der Waals surface area contributed by atoms with Crippen molar-refractivity contribution in [3.8, 4) is 0 Å². The number of alkyl halides is 3. The van der Waals surface area contributed by atoms with Gasteiger partial charge in [-0.2, -0.15) is 13.2 Å². The van der Waals surface area contributed by atoms with Crippen LogP contribution in [0.1, 0.15) is 54.9 Å². The molecule has 1 amide bonds. The Morgan fingerprint density at radius 2 is 1.77 bits per heavy atom. The number of rotatable bonds is 5. The van der Waals surface area contributed by atoms with Gasteiger partial charge in [-0.1, -0.05) is 6.07 Å².